The Morgan fingerprint density at radius 2 is 1.91 bits per heavy atom. The Balaban J connectivity index is 0.000000686. The molecule has 4 aliphatic rings. The van der Waals surface area contributed by atoms with Crippen LogP contribution in [0.15, 0.2) is 59.0 Å². The van der Waals surface area contributed by atoms with Crippen LogP contribution in [0.3, 0.4) is 0 Å². The summed E-state index contributed by atoms with van der Waals surface area (Å²) in [6.45, 7) is 21.8. The molecule has 0 aromatic heterocycles. The van der Waals surface area contributed by atoms with Crippen molar-refractivity contribution >= 4 is 11.5 Å². The van der Waals surface area contributed by atoms with Gasteiger partial charge in [0, 0.05) is 38.3 Å². The molecule has 3 aliphatic heterocycles. The van der Waals surface area contributed by atoms with Gasteiger partial charge in [0.15, 0.2) is 0 Å². The fraction of sp³-hybridized carbons (Fsp3) is 0.481. The third-order valence-corrected chi connectivity index (χ3v) is 6.85. The first-order valence-corrected chi connectivity index (χ1v) is 11.8. The molecule has 0 amide bonds. The molecule has 0 spiro atoms. The maximum atomic E-state index is 6.50. The molecule has 0 bridgehead atoms. The molecule has 2 fully saturated rings. The van der Waals surface area contributed by atoms with E-state index < -0.39 is 0 Å². The van der Waals surface area contributed by atoms with E-state index in [0.29, 0.717) is 12.1 Å². The van der Waals surface area contributed by atoms with Crippen molar-refractivity contribution in [2.24, 2.45) is 4.99 Å². The van der Waals surface area contributed by atoms with E-state index in [2.05, 4.69) is 79.0 Å². The number of piperazine rings is 1. The van der Waals surface area contributed by atoms with Gasteiger partial charge in [-0.3, -0.25) is 0 Å². The summed E-state index contributed by atoms with van der Waals surface area (Å²) >= 11 is 0. The number of allylic oxidation sites excluding steroid dienone is 3. The van der Waals surface area contributed by atoms with Crippen LogP contribution in [0.1, 0.15) is 51.7 Å². The molecule has 0 radical (unpaired) electrons. The van der Waals surface area contributed by atoms with Crippen molar-refractivity contribution < 1.29 is 0 Å². The molecule has 2 saturated heterocycles. The highest BCUT2D eigenvalue weighted by Crippen LogP contribution is 2.38. The van der Waals surface area contributed by atoms with E-state index in [0.717, 1.165) is 44.6 Å². The summed E-state index contributed by atoms with van der Waals surface area (Å²) in [5.41, 5.74) is 6.66. The van der Waals surface area contributed by atoms with Gasteiger partial charge in [-0.25, -0.2) is 10.3 Å². The van der Waals surface area contributed by atoms with Crippen molar-refractivity contribution in [2.75, 3.05) is 19.6 Å². The molecule has 3 heterocycles. The zero-order valence-electron chi connectivity index (χ0n) is 20.3. The summed E-state index contributed by atoms with van der Waals surface area (Å²) < 4.78 is 0. The molecule has 1 aromatic carbocycles. The average Bonchev–Trinajstić information content (AvgIpc) is 3.35. The quantitative estimate of drug-likeness (QED) is 0.586. The van der Waals surface area contributed by atoms with Crippen LogP contribution in [0.25, 0.3) is 0 Å². The van der Waals surface area contributed by atoms with Gasteiger partial charge in [-0.05, 0) is 62.5 Å². The van der Waals surface area contributed by atoms with Crippen molar-refractivity contribution in [1.82, 2.24) is 14.7 Å². The number of rotatable bonds is 1. The largest absolute Gasteiger partial charge is 0.356 e. The molecular formula is C27H37N5. The summed E-state index contributed by atoms with van der Waals surface area (Å²) in [5, 5.41) is 6.50. The van der Waals surface area contributed by atoms with Crippen LogP contribution in [-0.2, 0) is 6.42 Å². The first kappa shape index (κ1) is 23.7. The number of aryl methyl sites for hydroxylation is 1. The Kier molecular flexibility index (Phi) is 7.45. The Morgan fingerprint density at radius 3 is 2.62 bits per heavy atom. The highest BCUT2D eigenvalue weighted by atomic mass is 15.5. The zero-order chi connectivity index (χ0) is 23.4. The standard InChI is InChI=1S/C24H30N4.C2H6.CHN/c1-16-9-10-20-14-24(25-21(20)13-16)26-11-12-27-19(4)28(18(3)23(27)15-26)22-8-6-5-7-17(22)2;2*1-2/h6,8-10,13,18,23H,4-5,7,11-12,14-15H2,1-3H3;1-2H3;1H. The molecule has 5 heteroatoms. The predicted octanol–water partition coefficient (Wildman–Crippen LogP) is 5.53. The number of nitrogens with zero attached hydrogens (tertiary/aromatic N) is 5. The highest BCUT2D eigenvalue weighted by Gasteiger charge is 2.44. The van der Waals surface area contributed by atoms with E-state index in [-0.39, 0.29) is 0 Å². The van der Waals surface area contributed by atoms with Crippen LogP contribution in [0.5, 0.6) is 0 Å². The summed E-state index contributed by atoms with van der Waals surface area (Å²) in [5.74, 6) is 2.41. The third kappa shape index (κ3) is 4.19. The summed E-state index contributed by atoms with van der Waals surface area (Å²) in [6, 6.07) is 7.54. The highest BCUT2D eigenvalue weighted by molar-refractivity contribution is 5.92. The lowest BCUT2D eigenvalue weighted by Gasteiger charge is -2.40. The van der Waals surface area contributed by atoms with Gasteiger partial charge >= 0.3 is 0 Å². The van der Waals surface area contributed by atoms with Gasteiger partial charge in [-0.15, -0.1) is 0 Å². The van der Waals surface area contributed by atoms with Gasteiger partial charge < -0.3 is 14.7 Å². The van der Waals surface area contributed by atoms with Crippen molar-refractivity contribution in [3.63, 3.8) is 0 Å². The van der Waals surface area contributed by atoms with Gasteiger partial charge in [-0.2, -0.15) is 0 Å². The summed E-state index contributed by atoms with van der Waals surface area (Å²) in [6.07, 6.45) is 7.89. The van der Waals surface area contributed by atoms with Crippen molar-refractivity contribution in [1.29, 1.82) is 5.26 Å². The number of amidine groups is 1. The van der Waals surface area contributed by atoms with Crippen LogP contribution in [-0.4, -0.2) is 52.3 Å². The first-order valence-electron chi connectivity index (χ1n) is 11.8. The number of aliphatic imine (C=N–C) groups is 1. The van der Waals surface area contributed by atoms with Crippen LogP contribution in [0, 0.1) is 18.8 Å². The van der Waals surface area contributed by atoms with E-state index in [1.54, 1.807) is 0 Å². The molecule has 5 nitrogen and oxygen atoms in total. The minimum atomic E-state index is 0.426. The van der Waals surface area contributed by atoms with E-state index in [4.69, 9.17) is 10.3 Å². The maximum Gasteiger partial charge on any atom is 0.109 e. The van der Waals surface area contributed by atoms with Gasteiger partial charge in [0.05, 0.1) is 17.8 Å². The molecule has 1 aromatic rings. The smallest absolute Gasteiger partial charge is 0.109 e. The topological polar surface area (TPSA) is 45.9 Å². The lowest BCUT2D eigenvalue weighted by atomic mass is 10.0. The lowest BCUT2D eigenvalue weighted by molar-refractivity contribution is 0.166. The maximum absolute atomic E-state index is 6.50. The van der Waals surface area contributed by atoms with Gasteiger partial charge in [-0.1, -0.05) is 38.6 Å². The fourth-order valence-electron chi connectivity index (χ4n) is 5.19. The minimum Gasteiger partial charge on any atom is -0.356 e. The Labute approximate surface area is 194 Å². The second-order valence-corrected chi connectivity index (χ2v) is 8.68. The zero-order valence-corrected chi connectivity index (χ0v) is 20.3. The SMILES string of the molecule is C#N.C=C1N2CCN(C3=Nc4cc(C)ccc4C3)CC2C(C)N1C1=C(C)CCC=C1.CC. The van der Waals surface area contributed by atoms with Crippen molar-refractivity contribution in [3.05, 3.63) is 65.1 Å². The van der Waals surface area contributed by atoms with Gasteiger partial charge in [0.1, 0.15) is 11.7 Å². The molecule has 2 atom stereocenters. The van der Waals surface area contributed by atoms with Gasteiger partial charge in [0.2, 0.25) is 0 Å². The van der Waals surface area contributed by atoms with Gasteiger partial charge in [0.25, 0.3) is 0 Å². The van der Waals surface area contributed by atoms with E-state index in [1.807, 2.05) is 13.8 Å². The van der Waals surface area contributed by atoms with E-state index in [1.165, 1.54) is 34.1 Å². The number of hydrogen-bond acceptors (Lipinski definition) is 5. The monoisotopic (exact) mass is 431 g/mol. The van der Waals surface area contributed by atoms with Crippen molar-refractivity contribution in [2.45, 2.75) is 66.0 Å². The number of fused-ring (bicyclic) bond motifs is 2. The van der Waals surface area contributed by atoms with E-state index in [9.17, 15) is 0 Å². The molecule has 170 valence electrons. The molecular weight excluding hydrogens is 394 g/mol. The second-order valence-electron chi connectivity index (χ2n) is 8.68. The summed E-state index contributed by atoms with van der Waals surface area (Å²) in [4.78, 5) is 12.5. The molecule has 32 heavy (non-hydrogen) atoms. The Bertz CT molecular complexity index is 968. The van der Waals surface area contributed by atoms with Crippen LogP contribution in [0.2, 0.25) is 0 Å². The Hall–Kier alpha value is -3.00. The predicted molar refractivity (Wildman–Crippen MR) is 134 cm³/mol. The summed E-state index contributed by atoms with van der Waals surface area (Å²) in [7, 11) is 0. The molecule has 5 rings (SSSR count). The molecule has 1 aliphatic carbocycles. The van der Waals surface area contributed by atoms with Crippen LogP contribution in [0.4, 0.5) is 5.69 Å². The molecule has 0 N–H and O–H groups in total. The minimum absolute atomic E-state index is 0.426. The first-order chi connectivity index (χ1) is 15.5. The Morgan fingerprint density at radius 1 is 1.16 bits per heavy atom. The normalized spacial score (nSPS) is 23.7. The van der Waals surface area contributed by atoms with Crippen molar-refractivity contribution in [3.8, 4) is 6.57 Å². The molecule has 0 saturated carbocycles. The van der Waals surface area contributed by atoms with Crippen LogP contribution < -0.4 is 0 Å². The average molecular weight is 432 g/mol. The molecule has 2 unspecified atom stereocenters. The van der Waals surface area contributed by atoms with E-state index >= 15 is 0 Å². The second kappa shape index (κ2) is 10.1. The lowest BCUT2D eigenvalue weighted by Crippen LogP contribution is -2.54. The third-order valence-electron chi connectivity index (χ3n) is 6.85. The van der Waals surface area contributed by atoms with Crippen LogP contribution >= 0.6 is 0 Å². The fourth-order valence-corrected chi connectivity index (χ4v) is 5.19. The number of benzene rings is 1. The number of nitriles is 1. The number of hydrogen-bond donors (Lipinski definition) is 0.